The van der Waals surface area contributed by atoms with Gasteiger partial charge < -0.3 is 0 Å². The lowest BCUT2D eigenvalue weighted by Crippen LogP contribution is -1.94. The van der Waals surface area contributed by atoms with Gasteiger partial charge >= 0.3 is 0 Å². The quantitative estimate of drug-likeness (QED) is 0.635. The molecular formula is C23H30. The second-order valence-electron chi connectivity index (χ2n) is 7.30. The van der Waals surface area contributed by atoms with Crippen molar-refractivity contribution in [2.45, 2.75) is 71.6 Å². The van der Waals surface area contributed by atoms with Crippen LogP contribution in [0.4, 0.5) is 0 Å². The average Bonchev–Trinajstić information content (AvgIpc) is 3.22. The first-order valence-corrected chi connectivity index (χ1v) is 9.40. The minimum absolute atomic E-state index is 0.693. The predicted octanol–water partition coefficient (Wildman–Crippen LogP) is 6.04. The molecule has 2 aromatic rings. The first-order chi connectivity index (χ1) is 11.2. The third-order valence-corrected chi connectivity index (χ3v) is 5.38. The maximum atomic E-state index is 2.38. The van der Waals surface area contributed by atoms with E-state index >= 15 is 0 Å². The van der Waals surface area contributed by atoms with E-state index in [1.165, 1.54) is 50.5 Å². The van der Waals surface area contributed by atoms with Crippen LogP contribution in [0.5, 0.6) is 0 Å². The number of hydrogen-bond donors (Lipinski definition) is 0. The topological polar surface area (TPSA) is 0 Å². The maximum absolute atomic E-state index is 2.38. The fraction of sp³-hybridized carbons (Fsp3) is 0.478. The second kappa shape index (κ2) is 7.34. The van der Waals surface area contributed by atoms with E-state index in [1.807, 2.05) is 0 Å². The monoisotopic (exact) mass is 306 g/mol. The van der Waals surface area contributed by atoms with Gasteiger partial charge in [0.05, 0.1) is 0 Å². The Balaban J connectivity index is 0.000000136. The summed E-state index contributed by atoms with van der Waals surface area (Å²) in [5.41, 5.74) is 9.50. The molecule has 0 heterocycles. The highest BCUT2D eigenvalue weighted by molar-refractivity contribution is 5.40. The van der Waals surface area contributed by atoms with Crippen LogP contribution in [0.2, 0.25) is 0 Å². The Morgan fingerprint density at radius 2 is 1.57 bits per heavy atom. The summed E-state index contributed by atoms with van der Waals surface area (Å²) in [5, 5.41) is 0. The maximum Gasteiger partial charge on any atom is -0.0216 e. The standard InChI is InChI=1S/C12H16.C11H14/c1-9(2)11-7-3-5-10-6-4-8-12(10)11;1-2-9-6-7-10-4-3-5-11(10)8-9/h3,5,7,9H,4,6,8H2,1-2H3;6-8H,2-5H2,1H3. The van der Waals surface area contributed by atoms with Gasteiger partial charge in [-0.15, -0.1) is 0 Å². The third kappa shape index (κ3) is 3.68. The molecule has 0 radical (unpaired) electrons. The molecule has 4 rings (SSSR count). The van der Waals surface area contributed by atoms with E-state index in [0.29, 0.717) is 5.92 Å². The van der Waals surface area contributed by atoms with Gasteiger partial charge in [0.2, 0.25) is 0 Å². The Morgan fingerprint density at radius 3 is 2.35 bits per heavy atom. The molecule has 2 aromatic carbocycles. The molecule has 0 atom stereocenters. The first kappa shape index (κ1) is 16.3. The Hall–Kier alpha value is -1.56. The van der Waals surface area contributed by atoms with E-state index in [1.54, 1.807) is 27.8 Å². The summed E-state index contributed by atoms with van der Waals surface area (Å²) in [5.74, 6) is 0.693. The van der Waals surface area contributed by atoms with Crippen LogP contribution in [0, 0.1) is 0 Å². The second-order valence-corrected chi connectivity index (χ2v) is 7.30. The van der Waals surface area contributed by atoms with Gasteiger partial charge in [0.1, 0.15) is 0 Å². The molecular weight excluding hydrogens is 276 g/mol. The molecule has 0 aliphatic heterocycles. The lowest BCUT2D eigenvalue weighted by Gasteiger charge is -2.10. The van der Waals surface area contributed by atoms with Gasteiger partial charge in [0.15, 0.2) is 0 Å². The number of hydrogen-bond acceptors (Lipinski definition) is 0. The number of rotatable bonds is 2. The van der Waals surface area contributed by atoms with E-state index in [-0.39, 0.29) is 0 Å². The Labute approximate surface area is 141 Å². The van der Waals surface area contributed by atoms with Gasteiger partial charge in [0.25, 0.3) is 0 Å². The predicted molar refractivity (Wildman–Crippen MR) is 100 cm³/mol. The zero-order valence-electron chi connectivity index (χ0n) is 15.0. The zero-order valence-corrected chi connectivity index (χ0v) is 15.0. The van der Waals surface area contributed by atoms with Crippen molar-refractivity contribution < 1.29 is 0 Å². The van der Waals surface area contributed by atoms with E-state index < -0.39 is 0 Å². The van der Waals surface area contributed by atoms with Crippen molar-refractivity contribution in [3.05, 3.63) is 69.8 Å². The van der Waals surface area contributed by atoms with Crippen molar-refractivity contribution in [2.24, 2.45) is 0 Å². The molecule has 122 valence electrons. The van der Waals surface area contributed by atoms with Gasteiger partial charge in [-0.1, -0.05) is 57.2 Å². The van der Waals surface area contributed by atoms with Crippen LogP contribution < -0.4 is 0 Å². The highest BCUT2D eigenvalue weighted by atomic mass is 14.2. The van der Waals surface area contributed by atoms with Gasteiger partial charge in [-0.25, -0.2) is 0 Å². The van der Waals surface area contributed by atoms with Crippen LogP contribution in [0.3, 0.4) is 0 Å². The number of fused-ring (bicyclic) bond motifs is 2. The average molecular weight is 306 g/mol. The van der Waals surface area contributed by atoms with Gasteiger partial charge in [-0.3, -0.25) is 0 Å². The molecule has 23 heavy (non-hydrogen) atoms. The van der Waals surface area contributed by atoms with Crippen LogP contribution >= 0.6 is 0 Å². The van der Waals surface area contributed by atoms with Crippen molar-refractivity contribution in [1.82, 2.24) is 0 Å². The summed E-state index contributed by atoms with van der Waals surface area (Å²) >= 11 is 0. The molecule has 0 saturated heterocycles. The fourth-order valence-electron chi connectivity index (χ4n) is 4.04. The fourth-order valence-corrected chi connectivity index (χ4v) is 4.04. The molecule has 0 aromatic heterocycles. The van der Waals surface area contributed by atoms with Crippen LogP contribution in [0.15, 0.2) is 36.4 Å². The largest absolute Gasteiger partial charge is 0.0617 e. The lowest BCUT2D eigenvalue weighted by molar-refractivity contribution is 0.838. The third-order valence-electron chi connectivity index (χ3n) is 5.38. The van der Waals surface area contributed by atoms with Crippen LogP contribution in [-0.4, -0.2) is 0 Å². The molecule has 0 heteroatoms. The van der Waals surface area contributed by atoms with Crippen molar-refractivity contribution in [3.63, 3.8) is 0 Å². The smallest absolute Gasteiger partial charge is 0.0216 e. The highest BCUT2D eigenvalue weighted by Crippen LogP contribution is 2.29. The SMILES string of the molecule is CC(C)c1cccc2c1CCC2.CCc1ccc2c(c1)CCC2. The number of aryl methyl sites for hydroxylation is 4. The minimum Gasteiger partial charge on any atom is -0.0617 e. The van der Waals surface area contributed by atoms with E-state index in [9.17, 15) is 0 Å². The van der Waals surface area contributed by atoms with Crippen molar-refractivity contribution >= 4 is 0 Å². The Bertz CT molecular complexity index is 664. The minimum atomic E-state index is 0.693. The molecule has 0 nitrogen and oxygen atoms in total. The van der Waals surface area contributed by atoms with Crippen molar-refractivity contribution in [3.8, 4) is 0 Å². The summed E-state index contributed by atoms with van der Waals surface area (Å²) in [4.78, 5) is 0. The normalized spacial score (nSPS) is 15.1. The molecule has 2 aliphatic carbocycles. The Kier molecular flexibility index (Phi) is 5.20. The molecule has 2 aliphatic rings. The molecule has 0 fully saturated rings. The molecule has 0 spiro atoms. The summed E-state index contributed by atoms with van der Waals surface area (Å²) < 4.78 is 0. The summed E-state index contributed by atoms with van der Waals surface area (Å²) in [6.07, 6.45) is 9.12. The molecule has 0 bridgehead atoms. The van der Waals surface area contributed by atoms with Gasteiger partial charge in [-0.2, -0.15) is 0 Å². The first-order valence-electron chi connectivity index (χ1n) is 9.40. The summed E-state index contributed by atoms with van der Waals surface area (Å²) in [6.45, 7) is 6.79. The number of benzene rings is 2. The molecule has 0 N–H and O–H groups in total. The van der Waals surface area contributed by atoms with Crippen molar-refractivity contribution in [2.75, 3.05) is 0 Å². The Morgan fingerprint density at radius 1 is 0.826 bits per heavy atom. The van der Waals surface area contributed by atoms with Crippen LogP contribution in [-0.2, 0) is 32.1 Å². The lowest BCUT2D eigenvalue weighted by atomic mass is 9.95. The summed E-state index contributed by atoms with van der Waals surface area (Å²) in [7, 11) is 0. The van der Waals surface area contributed by atoms with Gasteiger partial charge in [0, 0.05) is 0 Å². The van der Waals surface area contributed by atoms with Crippen LogP contribution in [0.1, 0.15) is 72.9 Å². The van der Waals surface area contributed by atoms with E-state index in [4.69, 9.17) is 0 Å². The molecule has 0 saturated carbocycles. The molecule has 0 unspecified atom stereocenters. The van der Waals surface area contributed by atoms with Gasteiger partial charge in [-0.05, 0) is 84.2 Å². The van der Waals surface area contributed by atoms with E-state index in [2.05, 4.69) is 57.2 Å². The van der Waals surface area contributed by atoms with Crippen LogP contribution in [0.25, 0.3) is 0 Å². The molecule has 0 amide bonds. The highest BCUT2D eigenvalue weighted by Gasteiger charge is 2.15. The summed E-state index contributed by atoms with van der Waals surface area (Å²) in [6, 6.07) is 13.7. The van der Waals surface area contributed by atoms with Crippen molar-refractivity contribution in [1.29, 1.82) is 0 Å². The zero-order chi connectivity index (χ0) is 16.2. The van der Waals surface area contributed by atoms with E-state index in [0.717, 1.165) is 0 Å².